The van der Waals surface area contributed by atoms with Crippen molar-refractivity contribution in [3.63, 3.8) is 0 Å². The molecule has 0 aromatic heterocycles. The van der Waals surface area contributed by atoms with Crippen molar-refractivity contribution in [3.8, 4) is 17.2 Å². The van der Waals surface area contributed by atoms with Crippen LogP contribution in [0.3, 0.4) is 0 Å². The van der Waals surface area contributed by atoms with Crippen LogP contribution >= 0.6 is 0 Å². The van der Waals surface area contributed by atoms with Gasteiger partial charge in [-0.3, -0.25) is 0 Å². The van der Waals surface area contributed by atoms with Gasteiger partial charge in [-0.15, -0.1) is 0 Å². The third-order valence-corrected chi connectivity index (χ3v) is 2.41. The van der Waals surface area contributed by atoms with E-state index in [0.29, 0.717) is 6.79 Å². The number of hydrogen-bond acceptors (Lipinski definition) is 3. The molecule has 3 nitrogen and oxygen atoms in total. The van der Waals surface area contributed by atoms with Gasteiger partial charge in [0.05, 0.1) is 6.61 Å². The maximum absolute atomic E-state index is 5.56. The van der Waals surface area contributed by atoms with E-state index in [4.69, 9.17) is 14.2 Å². The van der Waals surface area contributed by atoms with Crippen LogP contribution in [0.25, 0.3) is 0 Å². The van der Waals surface area contributed by atoms with Crippen molar-refractivity contribution in [1.82, 2.24) is 0 Å². The Labute approximate surface area is 76.2 Å². The lowest BCUT2D eigenvalue weighted by Gasteiger charge is -2.17. The van der Waals surface area contributed by atoms with Gasteiger partial charge in [-0.1, -0.05) is 6.07 Å². The quantitative estimate of drug-likeness (QED) is 0.605. The second kappa shape index (κ2) is 2.55. The molecule has 3 heteroatoms. The minimum Gasteiger partial charge on any atom is -0.489 e. The highest BCUT2D eigenvalue weighted by Crippen LogP contribution is 2.44. The molecule has 3 rings (SSSR count). The summed E-state index contributed by atoms with van der Waals surface area (Å²) in [7, 11) is 0. The molecule has 0 unspecified atom stereocenters. The molecule has 0 aliphatic carbocycles. The molecule has 0 fully saturated rings. The Bertz CT molecular complexity index is 346. The number of benzene rings is 1. The summed E-state index contributed by atoms with van der Waals surface area (Å²) in [5.41, 5.74) is 1.23. The lowest BCUT2D eigenvalue weighted by Crippen LogP contribution is -2.08. The molecule has 1 aromatic rings. The van der Waals surface area contributed by atoms with E-state index in [1.165, 1.54) is 5.56 Å². The van der Waals surface area contributed by atoms with Gasteiger partial charge in [0.15, 0.2) is 11.5 Å². The molecule has 2 aliphatic heterocycles. The Morgan fingerprint density at radius 2 is 2.00 bits per heavy atom. The van der Waals surface area contributed by atoms with E-state index in [1.54, 1.807) is 0 Å². The fraction of sp³-hybridized carbons (Fsp3) is 0.400. The van der Waals surface area contributed by atoms with Crippen molar-refractivity contribution in [1.29, 1.82) is 0 Å². The molecule has 0 saturated heterocycles. The van der Waals surface area contributed by atoms with Crippen LogP contribution in [-0.2, 0) is 6.42 Å². The summed E-state index contributed by atoms with van der Waals surface area (Å²) in [4.78, 5) is 0. The summed E-state index contributed by atoms with van der Waals surface area (Å²) in [5, 5.41) is 0. The first-order chi connectivity index (χ1) is 6.45. The molecule has 0 amide bonds. The lowest BCUT2D eigenvalue weighted by molar-refractivity contribution is 0.168. The molecule has 0 radical (unpaired) electrons. The minimum absolute atomic E-state index is 0.315. The molecule has 0 atom stereocenters. The minimum atomic E-state index is 0.315. The SMILES string of the molecule is c1cc2c(c3c1CCCO3)OCO2. The van der Waals surface area contributed by atoms with Crippen molar-refractivity contribution < 1.29 is 14.2 Å². The summed E-state index contributed by atoms with van der Waals surface area (Å²) >= 11 is 0. The smallest absolute Gasteiger partial charge is 0.231 e. The van der Waals surface area contributed by atoms with E-state index in [9.17, 15) is 0 Å². The Hall–Kier alpha value is -1.38. The summed E-state index contributed by atoms with van der Waals surface area (Å²) < 4.78 is 16.2. The fourth-order valence-corrected chi connectivity index (χ4v) is 1.78. The third kappa shape index (κ3) is 0.963. The Morgan fingerprint density at radius 3 is 3.00 bits per heavy atom. The predicted molar refractivity (Wildman–Crippen MR) is 46.4 cm³/mol. The maximum atomic E-state index is 5.56. The van der Waals surface area contributed by atoms with E-state index in [-0.39, 0.29) is 0 Å². The zero-order valence-electron chi connectivity index (χ0n) is 7.21. The first-order valence-corrected chi connectivity index (χ1v) is 4.49. The van der Waals surface area contributed by atoms with Crippen LogP contribution in [0.4, 0.5) is 0 Å². The van der Waals surface area contributed by atoms with Gasteiger partial charge in [0.1, 0.15) is 0 Å². The summed E-state index contributed by atoms with van der Waals surface area (Å²) in [6.45, 7) is 1.10. The number of aryl methyl sites for hydroxylation is 1. The van der Waals surface area contributed by atoms with Crippen molar-refractivity contribution in [2.45, 2.75) is 12.8 Å². The van der Waals surface area contributed by atoms with Gasteiger partial charge in [-0.2, -0.15) is 0 Å². The molecular weight excluding hydrogens is 168 g/mol. The highest BCUT2D eigenvalue weighted by Gasteiger charge is 2.23. The van der Waals surface area contributed by atoms with Crippen LogP contribution in [-0.4, -0.2) is 13.4 Å². The maximum Gasteiger partial charge on any atom is 0.231 e. The van der Waals surface area contributed by atoms with Crippen molar-refractivity contribution in [2.75, 3.05) is 13.4 Å². The first-order valence-electron chi connectivity index (χ1n) is 4.49. The average molecular weight is 178 g/mol. The molecule has 0 N–H and O–H groups in total. The Kier molecular flexibility index (Phi) is 1.39. The molecular formula is C10H10O3. The van der Waals surface area contributed by atoms with E-state index in [2.05, 4.69) is 6.07 Å². The molecule has 2 aliphatic rings. The third-order valence-electron chi connectivity index (χ3n) is 2.41. The number of fused-ring (bicyclic) bond motifs is 3. The van der Waals surface area contributed by atoms with Crippen LogP contribution in [0.2, 0.25) is 0 Å². The molecule has 1 aromatic carbocycles. The van der Waals surface area contributed by atoms with E-state index >= 15 is 0 Å². The number of hydrogen-bond donors (Lipinski definition) is 0. The highest BCUT2D eigenvalue weighted by atomic mass is 16.7. The molecule has 2 heterocycles. The Balaban J connectivity index is 2.17. The normalized spacial score (nSPS) is 17.8. The summed E-state index contributed by atoms with van der Waals surface area (Å²) in [5.74, 6) is 2.49. The molecule has 13 heavy (non-hydrogen) atoms. The zero-order valence-corrected chi connectivity index (χ0v) is 7.21. The van der Waals surface area contributed by atoms with Gasteiger partial charge in [0.25, 0.3) is 0 Å². The average Bonchev–Trinajstić information content (AvgIpc) is 2.65. The lowest BCUT2D eigenvalue weighted by atomic mass is 10.1. The number of rotatable bonds is 0. The molecule has 0 spiro atoms. The van der Waals surface area contributed by atoms with Crippen LogP contribution in [0, 0.1) is 0 Å². The standard InChI is InChI=1S/C10H10O3/c1-2-7-3-4-8-10(13-6-12-8)9(7)11-5-1/h3-4H,1-2,5-6H2. The second-order valence-corrected chi connectivity index (χ2v) is 3.24. The van der Waals surface area contributed by atoms with Crippen molar-refractivity contribution in [2.24, 2.45) is 0 Å². The summed E-state index contributed by atoms with van der Waals surface area (Å²) in [6, 6.07) is 4.01. The topological polar surface area (TPSA) is 27.7 Å². The van der Waals surface area contributed by atoms with E-state index < -0.39 is 0 Å². The van der Waals surface area contributed by atoms with Crippen LogP contribution in [0.1, 0.15) is 12.0 Å². The van der Waals surface area contributed by atoms with Crippen molar-refractivity contribution in [3.05, 3.63) is 17.7 Å². The largest absolute Gasteiger partial charge is 0.489 e. The zero-order chi connectivity index (χ0) is 8.67. The molecule has 68 valence electrons. The molecule has 0 saturated carbocycles. The van der Waals surface area contributed by atoms with Gasteiger partial charge < -0.3 is 14.2 Å². The fourth-order valence-electron chi connectivity index (χ4n) is 1.78. The second-order valence-electron chi connectivity index (χ2n) is 3.24. The first kappa shape index (κ1) is 7.06. The Morgan fingerprint density at radius 1 is 1.00 bits per heavy atom. The highest BCUT2D eigenvalue weighted by molar-refractivity contribution is 5.57. The monoisotopic (exact) mass is 178 g/mol. The van der Waals surface area contributed by atoms with Crippen LogP contribution < -0.4 is 14.2 Å². The van der Waals surface area contributed by atoms with E-state index in [1.807, 2.05) is 6.07 Å². The van der Waals surface area contributed by atoms with Gasteiger partial charge in [0, 0.05) is 0 Å². The van der Waals surface area contributed by atoms with Gasteiger partial charge in [-0.25, -0.2) is 0 Å². The van der Waals surface area contributed by atoms with Crippen LogP contribution in [0.5, 0.6) is 17.2 Å². The predicted octanol–water partition coefficient (Wildman–Crippen LogP) is 1.74. The van der Waals surface area contributed by atoms with Crippen molar-refractivity contribution >= 4 is 0 Å². The molecule has 0 bridgehead atoms. The van der Waals surface area contributed by atoms with Gasteiger partial charge in [0.2, 0.25) is 12.5 Å². The number of ether oxygens (including phenoxy) is 3. The summed E-state index contributed by atoms with van der Waals surface area (Å²) in [6.07, 6.45) is 2.17. The van der Waals surface area contributed by atoms with E-state index in [0.717, 1.165) is 36.7 Å². The van der Waals surface area contributed by atoms with Gasteiger partial charge in [-0.05, 0) is 24.5 Å². The van der Waals surface area contributed by atoms with Gasteiger partial charge >= 0.3 is 0 Å². The van der Waals surface area contributed by atoms with Crippen LogP contribution in [0.15, 0.2) is 12.1 Å².